The van der Waals surface area contributed by atoms with Gasteiger partial charge < -0.3 is 5.32 Å². The van der Waals surface area contributed by atoms with Crippen LogP contribution in [0.1, 0.15) is 37.6 Å². The molecule has 124 valence electrons. The predicted octanol–water partition coefficient (Wildman–Crippen LogP) is 3.42. The lowest BCUT2D eigenvalue weighted by Gasteiger charge is -2.30. The molecular formula is C18H25N3OS. The number of nitrogens with zero attached hydrogens (tertiary/aromatic N) is 2. The largest absolute Gasteiger partial charge is 0.352 e. The molecule has 0 radical (unpaired) electrons. The van der Waals surface area contributed by atoms with E-state index in [-0.39, 0.29) is 5.91 Å². The number of benzene rings is 1. The second-order valence-corrected chi connectivity index (χ2v) is 7.80. The van der Waals surface area contributed by atoms with Crippen molar-refractivity contribution < 1.29 is 4.79 Å². The van der Waals surface area contributed by atoms with E-state index in [1.807, 2.05) is 30.1 Å². The summed E-state index contributed by atoms with van der Waals surface area (Å²) in [5.74, 6) is 0.731. The summed E-state index contributed by atoms with van der Waals surface area (Å²) in [5.41, 5.74) is 1.04. The molecule has 1 fully saturated rings. The molecule has 0 spiro atoms. The maximum absolute atomic E-state index is 12.3. The van der Waals surface area contributed by atoms with E-state index in [0.29, 0.717) is 25.0 Å². The minimum absolute atomic E-state index is 0.132. The summed E-state index contributed by atoms with van der Waals surface area (Å²) in [7, 11) is 1.98. The Balaban J connectivity index is 1.52. The minimum atomic E-state index is 0.132. The molecule has 1 heterocycles. The van der Waals surface area contributed by atoms with Crippen molar-refractivity contribution in [2.24, 2.45) is 5.92 Å². The Morgan fingerprint density at radius 2 is 2.13 bits per heavy atom. The number of hydrogen-bond donors (Lipinski definition) is 1. The van der Waals surface area contributed by atoms with E-state index in [1.54, 1.807) is 11.3 Å². The van der Waals surface area contributed by atoms with Gasteiger partial charge in [-0.15, -0.1) is 11.3 Å². The first-order valence-corrected chi connectivity index (χ1v) is 9.26. The molecule has 0 saturated heterocycles. The van der Waals surface area contributed by atoms with Gasteiger partial charge in [-0.3, -0.25) is 9.69 Å². The molecule has 5 heteroatoms. The molecule has 1 aromatic carbocycles. The van der Waals surface area contributed by atoms with Crippen molar-refractivity contribution in [2.75, 3.05) is 13.6 Å². The maximum atomic E-state index is 12.3. The van der Waals surface area contributed by atoms with Crippen LogP contribution in [-0.2, 0) is 11.3 Å². The molecule has 2 atom stereocenters. The normalized spacial score (nSPS) is 21.7. The van der Waals surface area contributed by atoms with Crippen LogP contribution in [0.5, 0.6) is 0 Å². The number of amides is 1. The summed E-state index contributed by atoms with van der Waals surface area (Å²) in [5, 5.41) is 4.28. The van der Waals surface area contributed by atoms with Crippen LogP contribution in [0.4, 0.5) is 0 Å². The zero-order valence-electron chi connectivity index (χ0n) is 13.9. The van der Waals surface area contributed by atoms with Gasteiger partial charge in [0.1, 0.15) is 5.01 Å². The van der Waals surface area contributed by atoms with E-state index in [2.05, 4.69) is 23.3 Å². The first kappa shape index (κ1) is 16.4. The SMILES string of the molecule is CC1CCCCC1NC(=O)CN(C)Cc1nc2ccccc2s1. The number of fused-ring (bicyclic) bond motifs is 1. The van der Waals surface area contributed by atoms with Gasteiger partial charge in [-0.1, -0.05) is 31.9 Å². The lowest BCUT2D eigenvalue weighted by atomic mass is 9.86. The van der Waals surface area contributed by atoms with Crippen LogP contribution >= 0.6 is 11.3 Å². The summed E-state index contributed by atoms with van der Waals surface area (Å²) in [6.07, 6.45) is 4.88. The predicted molar refractivity (Wildman–Crippen MR) is 95.5 cm³/mol. The number of likely N-dealkylation sites (N-methyl/N-ethyl adjacent to an activating group) is 1. The summed E-state index contributed by atoms with van der Waals surface area (Å²) < 4.78 is 1.20. The van der Waals surface area contributed by atoms with Crippen LogP contribution in [-0.4, -0.2) is 35.4 Å². The van der Waals surface area contributed by atoms with Crippen LogP contribution in [0, 0.1) is 5.92 Å². The van der Waals surface area contributed by atoms with Gasteiger partial charge in [0, 0.05) is 6.04 Å². The van der Waals surface area contributed by atoms with Gasteiger partial charge in [0.25, 0.3) is 0 Å². The van der Waals surface area contributed by atoms with E-state index in [0.717, 1.165) is 16.9 Å². The maximum Gasteiger partial charge on any atom is 0.234 e. The lowest BCUT2D eigenvalue weighted by Crippen LogP contribution is -2.44. The highest BCUT2D eigenvalue weighted by atomic mass is 32.1. The average Bonchev–Trinajstić information content (AvgIpc) is 2.91. The number of carbonyl (C=O) groups is 1. The van der Waals surface area contributed by atoms with Crippen LogP contribution < -0.4 is 5.32 Å². The molecule has 4 nitrogen and oxygen atoms in total. The Hall–Kier alpha value is -1.46. The van der Waals surface area contributed by atoms with Crippen LogP contribution in [0.3, 0.4) is 0 Å². The highest BCUT2D eigenvalue weighted by Gasteiger charge is 2.23. The first-order valence-electron chi connectivity index (χ1n) is 8.44. The van der Waals surface area contributed by atoms with E-state index in [9.17, 15) is 4.79 Å². The van der Waals surface area contributed by atoms with Crippen molar-refractivity contribution in [3.8, 4) is 0 Å². The number of rotatable bonds is 5. The number of hydrogen-bond acceptors (Lipinski definition) is 4. The standard InChI is InChI=1S/C18H25N3OS/c1-13-7-3-4-8-14(13)19-17(22)11-21(2)12-18-20-15-9-5-6-10-16(15)23-18/h5-6,9-10,13-14H,3-4,7-8,11-12H2,1-2H3,(H,19,22). The fourth-order valence-electron chi connectivity index (χ4n) is 3.30. The molecule has 1 N–H and O–H groups in total. The Morgan fingerprint density at radius 1 is 1.35 bits per heavy atom. The molecule has 2 unspecified atom stereocenters. The molecule has 1 saturated carbocycles. The zero-order valence-corrected chi connectivity index (χ0v) is 14.7. The van der Waals surface area contributed by atoms with Crippen LogP contribution in [0.15, 0.2) is 24.3 Å². The number of nitrogens with one attached hydrogen (secondary N) is 1. The third kappa shape index (κ3) is 4.30. The summed E-state index contributed by atoms with van der Waals surface area (Å²) >= 11 is 1.70. The van der Waals surface area contributed by atoms with Crippen LogP contribution in [0.2, 0.25) is 0 Å². The molecule has 1 aliphatic carbocycles. The summed E-state index contributed by atoms with van der Waals surface area (Å²) in [6.45, 7) is 3.39. The quantitative estimate of drug-likeness (QED) is 0.913. The summed E-state index contributed by atoms with van der Waals surface area (Å²) in [4.78, 5) is 18.9. The Bertz CT molecular complexity index is 636. The molecule has 0 aliphatic heterocycles. The van der Waals surface area contributed by atoms with Crippen molar-refractivity contribution in [3.05, 3.63) is 29.3 Å². The fourth-order valence-corrected chi connectivity index (χ4v) is 4.35. The lowest BCUT2D eigenvalue weighted by molar-refractivity contribution is -0.123. The van der Waals surface area contributed by atoms with E-state index in [1.165, 1.54) is 24.0 Å². The molecule has 1 amide bonds. The van der Waals surface area contributed by atoms with E-state index in [4.69, 9.17) is 0 Å². The molecule has 1 aliphatic rings. The van der Waals surface area contributed by atoms with Crippen molar-refractivity contribution >= 4 is 27.5 Å². The molecular weight excluding hydrogens is 306 g/mol. The molecule has 23 heavy (non-hydrogen) atoms. The number of carbonyl (C=O) groups excluding carboxylic acids is 1. The van der Waals surface area contributed by atoms with E-state index >= 15 is 0 Å². The van der Waals surface area contributed by atoms with Crippen LogP contribution in [0.25, 0.3) is 10.2 Å². The van der Waals surface area contributed by atoms with Crippen molar-refractivity contribution in [1.29, 1.82) is 0 Å². The summed E-state index contributed by atoms with van der Waals surface area (Å²) in [6, 6.07) is 8.52. The zero-order chi connectivity index (χ0) is 16.2. The van der Waals surface area contributed by atoms with Gasteiger partial charge in [-0.2, -0.15) is 0 Å². The van der Waals surface area contributed by atoms with Gasteiger partial charge in [0.05, 0.1) is 23.3 Å². The third-order valence-electron chi connectivity index (χ3n) is 4.61. The number of aromatic nitrogens is 1. The highest BCUT2D eigenvalue weighted by molar-refractivity contribution is 7.18. The average molecular weight is 331 g/mol. The smallest absolute Gasteiger partial charge is 0.234 e. The Morgan fingerprint density at radius 3 is 2.91 bits per heavy atom. The highest BCUT2D eigenvalue weighted by Crippen LogP contribution is 2.24. The van der Waals surface area contributed by atoms with Gasteiger partial charge in [-0.25, -0.2) is 4.98 Å². The minimum Gasteiger partial charge on any atom is -0.352 e. The van der Waals surface area contributed by atoms with Crippen molar-refractivity contribution in [1.82, 2.24) is 15.2 Å². The number of thiazole rings is 1. The third-order valence-corrected chi connectivity index (χ3v) is 5.64. The molecule has 2 aromatic rings. The van der Waals surface area contributed by atoms with Gasteiger partial charge >= 0.3 is 0 Å². The fraction of sp³-hybridized carbons (Fsp3) is 0.556. The number of para-hydroxylation sites is 1. The monoisotopic (exact) mass is 331 g/mol. The second kappa shape index (κ2) is 7.41. The van der Waals surface area contributed by atoms with E-state index < -0.39 is 0 Å². The van der Waals surface area contributed by atoms with Crippen molar-refractivity contribution in [2.45, 2.75) is 45.2 Å². The molecule has 0 bridgehead atoms. The Kier molecular flexibility index (Phi) is 5.28. The van der Waals surface area contributed by atoms with Gasteiger partial charge in [0.2, 0.25) is 5.91 Å². The molecule has 1 aromatic heterocycles. The van der Waals surface area contributed by atoms with Gasteiger partial charge in [0.15, 0.2) is 0 Å². The second-order valence-electron chi connectivity index (χ2n) is 6.68. The first-order chi connectivity index (χ1) is 11.1. The Labute approximate surface area is 141 Å². The molecule has 3 rings (SSSR count). The topological polar surface area (TPSA) is 45.2 Å². The van der Waals surface area contributed by atoms with Gasteiger partial charge in [-0.05, 0) is 37.9 Å². The van der Waals surface area contributed by atoms with Crippen molar-refractivity contribution in [3.63, 3.8) is 0 Å².